The molecule has 1 fully saturated rings. The van der Waals surface area contributed by atoms with E-state index in [9.17, 15) is 9.90 Å². The van der Waals surface area contributed by atoms with Crippen LogP contribution in [0.15, 0.2) is 24.3 Å². The van der Waals surface area contributed by atoms with Crippen molar-refractivity contribution in [1.82, 2.24) is 4.90 Å². The van der Waals surface area contributed by atoms with Crippen LogP contribution in [-0.4, -0.2) is 50.4 Å². The Morgan fingerprint density at radius 3 is 2.18 bits per heavy atom. The molecule has 3 rings (SSSR count). The zero-order valence-corrected chi connectivity index (χ0v) is 16.9. The van der Waals surface area contributed by atoms with Gasteiger partial charge in [0.1, 0.15) is 5.56 Å². The highest BCUT2D eigenvalue weighted by Gasteiger charge is 2.25. The highest BCUT2D eigenvalue weighted by atomic mass is 16.5. The average Bonchev–Trinajstić information content (AvgIpc) is 3.18. The predicted octanol–water partition coefficient (Wildman–Crippen LogP) is 3.98. The summed E-state index contributed by atoms with van der Waals surface area (Å²) in [6.07, 6.45) is 2.48. The molecule has 0 bridgehead atoms. The van der Waals surface area contributed by atoms with E-state index in [1.165, 1.54) is 32.6 Å². The lowest BCUT2D eigenvalue weighted by Crippen LogP contribution is -2.18. The Balaban J connectivity index is 2.15. The van der Waals surface area contributed by atoms with E-state index >= 15 is 0 Å². The number of aryl methyl sites for hydroxylation is 1. The number of hydrogen-bond donors (Lipinski definition) is 1. The van der Waals surface area contributed by atoms with E-state index in [-0.39, 0.29) is 17.1 Å². The van der Waals surface area contributed by atoms with Crippen molar-refractivity contribution >= 4 is 5.97 Å². The number of likely N-dealkylation sites (tertiary alicyclic amines) is 1. The third-order valence-corrected chi connectivity index (χ3v) is 5.09. The molecule has 1 N–H and O–H groups in total. The minimum Gasteiger partial charge on any atom is -0.492 e. The number of rotatable bonds is 7. The van der Waals surface area contributed by atoms with Crippen LogP contribution in [0.2, 0.25) is 0 Å². The Labute approximate surface area is 165 Å². The highest BCUT2D eigenvalue weighted by molar-refractivity contribution is 5.96. The number of carboxylic acid groups (broad SMARTS) is 1. The molecule has 6 heteroatoms. The Hall–Kier alpha value is -2.73. The number of ether oxygens (including phenoxy) is 3. The third-order valence-electron chi connectivity index (χ3n) is 5.09. The topological polar surface area (TPSA) is 68.2 Å². The first-order chi connectivity index (χ1) is 13.5. The molecule has 0 spiro atoms. The minimum absolute atomic E-state index is 0.0396. The third kappa shape index (κ3) is 3.92. The molecule has 2 aromatic carbocycles. The van der Waals surface area contributed by atoms with Gasteiger partial charge in [-0.25, -0.2) is 4.79 Å². The molecule has 1 saturated heterocycles. The summed E-state index contributed by atoms with van der Waals surface area (Å²) < 4.78 is 16.4. The van der Waals surface area contributed by atoms with Crippen LogP contribution in [0.3, 0.4) is 0 Å². The summed E-state index contributed by atoms with van der Waals surface area (Å²) in [4.78, 5) is 14.3. The Morgan fingerprint density at radius 1 is 0.964 bits per heavy atom. The first-order valence-electron chi connectivity index (χ1n) is 9.38. The second kappa shape index (κ2) is 8.52. The lowest BCUT2D eigenvalue weighted by molar-refractivity contribution is 0.0692. The molecule has 0 saturated carbocycles. The Kier molecular flexibility index (Phi) is 6.09. The first kappa shape index (κ1) is 20.0. The maximum absolute atomic E-state index is 11.8. The van der Waals surface area contributed by atoms with Gasteiger partial charge in [-0.2, -0.15) is 0 Å². The van der Waals surface area contributed by atoms with Crippen molar-refractivity contribution in [3.05, 3.63) is 41.0 Å². The van der Waals surface area contributed by atoms with Crippen molar-refractivity contribution < 1.29 is 24.1 Å². The first-order valence-corrected chi connectivity index (χ1v) is 9.38. The van der Waals surface area contributed by atoms with Crippen molar-refractivity contribution in [3.63, 3.8) is 0 Å². The average molecular weight is 385 g/mol. The molecule has 0 atom stereocenters. The molecule has 0 amide bonds. The van der Waals surface area contributed by atoms with Gasteiger partial charge in [-0.05, 0) is 56.1 Å². The van der Waals surface area contributed by atoms with E-state index in [0.717, 1.165) is 30.8 Å². The van der Waals surface area contributed by atoms with Crippen LogP contribution >= 0.6 is 0 Å². The van der Waals surface area contributed by atoms with E-state index in [4.69, 9.17) is 14.2 Å². The Morgan fingerprint density at radius 2 is 1.61 bits per heavy atom. The zero-order valence-electron chi connectivity index (χ0n) is 16.9. The number of benzene rings is 2. The van der Waals surface area contributed by atoms with Crippen LogP contribution in [0.25, 0.3) is 11.1 Å². The maximum atomic E-state index is 11.8. The lowest BCUT2D eigenvalue weighted by Gasteiger charge is -2.20. The van der Waals surface area contributed by atoms with E-state index < -0.39 is 5.97 Å². The molecule has 0 unspecified atom stereocenters. The molecule has 6 nitrogen and oxygen atoms in total. The highest BCUT2D eigenvalue weighted by Crippen LogP contribution is 2.47. The fourth-order valence-electron chi connectivity index (χ4n) is 3.90. The summed E-state index contributed by atoms with van der Waals surface area (Å²) in [5.41, 5.74) is 3.92. The number of carboxylic acids is 1. The number of methoxy groups -OCH3 is 3. The summed E-state index contributed by atoms with van der Waals surface area (Å²) in [6, 6.07) is 7.90. The van der Waals surface area contributed by atoms with Crippen molar-refractivity contribution in [2.45, 2.75) is 26.3 Å². The van der Waals surface area contributed by atoms with Crippen LogP contribution in [0.4, 0.5) is 0 Å². The monoisotopic (exact) mass is 385 g/mol. The van der Waals surface area contributed by atoms with Gasteiger partial charge in [0, 0.05) is 12.1 Å². The quantitative estimate of drug-likeness (QED) is 0.778. The lowest BCUT2D eigenvalue weighted by atomic mass is 9.96. The minimum atomic E-state index is -1.08. The van der Waals surface area contributed by atoms with Gasteiger partial charge in [0.15, 0.2) is 11.5 Å². The summed E-state index contributed by atoms with van der Waals surface area (Å²) in [5.74, 6) is -0.186. The molecule has 150 valence electrons. The molecule has 2 aromatic rings. The SMILES string of the molecule is COc1c(C(=O)O)cc(-c2cc(C)cc(CN3CCCC3)c2)c(OC)c1OC. The van der Waals surface area contributed by atoms with E-state index in [1.807, 2.05) is 13.0 Å². The van der Waals surface area contributed by atoms with Gasteiger partial charge in [0.25, 0.3) is 0 Å². The summed E-state index contributed by atoms with van der Waals surface area (Å²) in [5, 5.41) is 9.67. The largest absolute Gasteiger partial charge is 0.492 e. The van der Waals surface area contributed by atoms with Crippen LogP contribution < -0.4 is 14.2 Å². The van der Waals surface area contributed by atoms with Crippen molar-refractivity contribution in [2.75, 3.05) is 34.4 Å². The second-order valence-electron chi connectivity index (χ2n) is 7.07. The smallest absolute Gasteiger partial charge is 0.339 e. The van der Waals surface area contributed by atoms with Crippen molar-refractivity contribution in [2.24, 2.45) is 0 Å². The molecule has 0 aliphatic carbocycles. The van der Waals surface area contributed by atoms with Crippen LogP contribution in [0, 0.1) is 6.92 Å². The second-order valence-corrected chi connectivity index (χ2v) is 7.07. The van der Waals surface area contributed by atoms with Crippen molar-refractivity contribution in [1.29, 1.82) is 0 Å². The number of carbonyl (C=O) groups is 1. The number of hydrogen-bond acceptors (Lipinski definition) is 5. The van der Waals surface area contributed by atoms with Gasteiger partial charge in [-0.15, -0.1) is 0 Å². The summed E-state index contributed by atoms with van der Waals surface area (Å²) in [7, 11) is 4.44. The van der Waals surface area contributed by atoms with Crippen LogP contribution in [0.5, 0.6) is 17.2 Å². The molecule has 1 aliphatic rings. The van der Waals surface area contributed by atoms with Crippen LogP contribution in [-0.2, 0) is 6.54 Å². The van der Waals surface area contributed by atoms with Gasteiger partial charge in [-0.3, -0.25) is 4.90 Å². The zero-order chi connectivity index (χ0) is 20.3. The molecule has 1 heterocycles. The molecule has 0 aromatic heterocycles. The standard InChI is InChI=1S/C22H27NO5/c1-14-9-15(13-23-7-5-6-8-23)11-16(10-14)17-12-18(22(24)25)20(27-3)21(28-4)19(17)26-2/h9-12H,5-8,13H2,1-4H3,(H,24,25). The molecule has 1 aliphatic heterocycles. The van der Waals surface area contributed by atoms with Crippen molar-refractivity contribution in [3.8, 4) is 28.4 Å². The molecule has 0 radical (unpaired) electrons. The fraction of sp³-hybridized carbons (Fsp3) is 0.409. The number of aromatic carboxylic acids is 1. The predicted molar refractivity (Wildman–Crippen MR) is 108 cm³/mol. The van der Waals surface area contributed by atoms with Gasteiger partial charge in [0.2, 0.25) is 5.75 Å². The fourth-order valence-corrected chi connectivity index (χ4v) is 3.90. The van der Waals surface area contributed by atoms with Crippen LogP contribution in [0.1, 0.15) is 34.3 Å². The van der Waals surface area contributed by atoms with Gasteiger partial charge >= 0.3 is 5.97 Å². The molecular weight excluding hydrogens is 358 g/mol. The van der Waals surface area contributed by atoms with Gasteiger partial charge in [-0.1, -0.05) is 17.7 Å². The van der Waals surface area contributed by atoms with Gasteiger partial charge in [0.05, 0.1) is 21.3 Å². The Bertz CT molecular complexity index is 872. The van der Waals surface area contributed by atoms with E-state index in [0.29, 0.717) is 11.3 Å². The molecular formula is C22H27NO5. The summed E-state index contributed by atoms with van der Waals surface area (Å²) in [6.45, 7) is 5.16. The van der Waals surface area contributed by atoms with Gasteiger partial charge < -0.3 is 19.3 Å². The number of nitrogens with zero attached hydrogens (tertiary/aromatic N) is 1. The van der Waals surface area contributed by atoms with E-state index in [1.54, 1.807) is 13.2 Å². The normalized spacial score (nSPS) is 14.1. The van der Waals surface area contributed by atoms with E-state index in [2.05, 4.69) is 17.0 Å². The maximum Gasteiger partial charge on any atom is 0.339 e. The molecule has 28 heavy (non-hydrogen) atoms. The summed E-state index contributed by atoms with van der Waals surface area (Å²) >= 11 is 0.